The van der Waals surface area contributed by atoms with Gasteiger partial charge in [0.25, 0.3) is 0 Å². The van der Waals surface area contributed by atoms with Crippen LogP contribution in [0.4, 0.5) is 0 Å². The minimum absolute atomic E-state index is 0.119. The predicted octanol–water partition coefficient (Wildman–Crippen LogP) is -3.26. The first-order valence-electron chi connectivity index (χ1n) is 4.61. The smallest absolute Gasteiger partial charge is 0.109 e. The zero-order valence-corrected chi connectivity index (χ0v) is 7.82. The van der Waals surface area contributed by atoms with Crippen LogP contribution >= 0.6 is 0 Å². The van der Waals surface area contributed by atoms with Crippen LogP contribution in [0, 0.1) is 0 Å². The third-order valence-corrected chi connectivity index (χ3v) is 2.60. The molecule has 5 N–H and O–H groups in total. The molecule has 1 aliphatic rings. The third-order valence-electron chi connectivity index (χ3n) is 2.60. The number of aliphatic hydroxyl groups is 5. The Hall–Kier alpha value is -0.240. The van der Waals surface area contributed by atoms with Gasteiger partial charge < -0.3 is 25.5 Å². The molecule has 0 aromatic heterocycles. The highest BCUT2D eigenvalue weighted by Gasteiger charge is 2.40. The molecule has 0 saturated carbocycles. The van der Waals surface area contributed by atoms with E-state index in [4.69, 9.17) is 10.2 Å². The van der Waals surface area contributed by atoms with E-state index in [0.717, 1.165) is 0 Å². The highest BCUT2D eigenvalue weighted by atomic mass is 16.4. The predicted molar refractivity (Wildman–Crippen MR) is 47.6 cm³/mol. The molecule has 6 nitrogen and oxygen atoms in total. The van der Waals surface area contributed by atoms with Crippen molar-refractivity contribution in [3.8, 4) is 0 Å². The number of β-amino-alcohol motifs (C(OH)–C–C–N with tert-alkyl or cyclic N) is 2. The number of rotatable bonds is 3. The molecule has 0 spiro atoms. The Bertz CT molecular complexity index is 179. The molecule has 1 rings (SSSR count). The van der Waals surface area contributed by atoms with Crippen molar-refractivity contribution in [2.45, 2.75) is 24.4 Å². The number of aliphatic hydroxyl groups excluding tert-OH is 5. The van der Waals surface area contributed by atoms with E-state index in [1.54, 1.807) is 4.90 Å². The van der Waals surface area contributed by atoms with E-state index in [2.05, 4.69) is 0 Å². The number of piperidine rings is 1. The molecule has 6 heteroatoms. The number of hydrogen-bond acceptors (Lipinski definition) is 6. The monoisotopic (exact) mass is 207 g/mol. The van der Waals surface area contributed by atoms with Crippen molar-refractivity contribution < 1.29 is 25.5 Å². The van der Waals surface area contributed by atoms with Crippen LogP contribution in [-0.4, -0.2) is 81.1 Å². The van der Waals surface area contributed by atoms with Crippen molar-refractivity contribution in [1.29, 1.82) is 0 Å². The molecule has 2 unspecified atom stereocenters. The molecule has 84 valence electrons. The lowest BCUT2D eigenvalue weighted by molar-refractivity contribution is -0.146. The molecule has 0 aliphatic carbocycles. The summed E-state index contributed by atoms with van der Waals surface area (Å²) in [6.07, 6.45) is -3.46. The maximum atomic E-state index is 9.51. The summed E-state index contributed by atoms with van der Waals surface area (Å²) in [6.45, 7) is -0.0347. The van der Waals surface area contributed by atoms with E-state index in [1.165, 1.54) is 0 Å². The van der Waals surface area contributed by atoms with Gasteiger partial charge in [0.05, 0.1) is 25.4 Å². The lowest BCUT2D eigenvalue weighted by Gasteiger charge is -2.42. The molecule has 4 atom stereocenters. The first-order valence-corrected chi connectivity index (χ1v) is 4.61. The lowest BCUT2D eigenvalue weighted by atomic mass is 9.94. The minimum atomic E-state index is -1.23. The Morgan fingerprint density at radius 1 is 1.07 bits per heavy atom. The van der Waals surface area contributed by atoms with Gasteiger partial charge >= 0.3 is 0 Å². The van der Waals surface area contributed by atoms with Crippen LogP contribution in [0.25, 0.3) is 0 Å². The van der Waals surface area contributed by atoms with Crippen LogP contribution in [0.2, 0.25) is 0 Å². The largest absolute Gasteiger partial charge is 0.395 e. The van der Waals surface area contributed by atoms with E-state index >= 15 is 0 Å². The van der Waals surface area contributed by atoms with E-state index in [0.29, 0.717) is 0 Å². The van der Waals surface area contributed by atoms with Gasteiger partial charge in [0.15, 0.2) is 0 Å². The second-order valence-electron chi connectivity index (χ2n) is 3.52. The molecule has 0 aromatic carbocycles. The molecule has 1 saturated heterocycles. The van der Waals surface area contributed by atoms with Crippen LogP contribution in [0.1, 0.15) is 0 Å². The van der Waals surface area contributed by atoms with E-state index in [1.807, 2.05) is 0 Å². The second-order valence-corrected chi connectivity index (χ2v) is 3.52. The summed E-state index contributed by atoms with van der Waals surface area (Å²) in [6, 6.07) is -0.624. The summed E-state index contributed by atoms with van der Waals surface area (Å²) in [4.78, 5) is 1.56. The molecular weight excluding hydrogens is 190 g/mol. The summed E-state index contributed by atoms with van der Waals surface area (Å²) in [5, 5.41) is 45.9. The van der Waals surface area contributed by atoms with E-state index in [-0.39, 0.29) is 26.3 Å². The maximum Gasteiger partial charge on any atom is 0.109 e. The fraction of sp³-hybridized carbons (Fsp3) is 1.00. The summed E-state index contributed by atoms with van der Waals surface area (Å²) >= 11 is 0. The van der Waals surface area contributed by atoms with Gasteiger partial charge in [-0.25, -0.2) is 0 Å². The fourth-order valence-corrected chi connectivity index (χ4v) is 1.76. The minimum Gasteiger partial charge on any atom is -0.395 e. The molecule has 14 heavy (non-hydrogen) atoms. The van der Waals surface area contributed by atoms with Gasteiger partial charge in [-0.3, -0.25) is 4.90 Å². The Kier molecular flexibility index (Phi) is 4.24. The van der Waals surface area contributed by atoms with E-state index in [9.17, 15) is 15.3 Å². The van der Waals surface area contributed by atoms with Gasteiger partial charge in [0.1, 0.15) is 12.2 Å². The molecule has 0 bridgehead atoms. The highest BCUT2D eigenvalue weighted by molar-refractivity contribution is 4.93. The quantitative estimate of drug-likeness (QED) is 0.333. The Morgan fingerprint density at radius 2 is 1.71 bits per heavy atom. The number of nitrogens with zero attached hydrogens (tertiary/aromatic N) is 1. The van der Waals surface area contributed by atoms with Gasteiger partial charge in [0.2, 0.25) is 0 Å². The first kappa shape index (κ1) is 11.8. The summed E-state index contributed by atoms with van der Waals surface area (Å²) in [5.74, 6) is 0. The average molecular weight is 207 g/mol. The van der Waals surface area contributed by atoms with E-state index < -0.39 is 24.4 Å². The first-order chi connectivity index (χ1) is 6.61. The average Bonchev–Trinajstić information content (AvgIpc) is 2.16. The Labute approximate surface area is 82.0 Å². The van der Waals surface area contributed by atoms with Crippen LogP contribution in [-0.2, 0) is 0 Å². The molecule has 0 radical (unpaired) electrons. The molecule has 0 amide bonds. The summed E-state index contributed by atoms with van der Waals surface area (Å²) in [7, 11) is 0. The highest BCUT2D eigenvalue weighted by Crippen LogP contribution is 2.18. The summed E-state index contributed by atoms with van der Waals surface area (Å²) < 4.78 is 0. The second kappa shape index (κ2) is 5.01. The molecular formula is C8H17NO5. The van der Waals surface area contributed by atoms with Gasteiger partial charge in [-0.05, 0) is 0 Å². The topological polar surface area (TPSA) is 104 Å². The Balaban J connectivity index is 2.66. The maximum absolute atomic E-state index is 9.51. The van der Waals surface area contributed by atoms with Crippen molar-refractivity contribution in [1.82, 2.24) is 4.90 Å². The van der Waals surface area contributed by atoms with Gasteiger partial charge in [-0.1, -0.05) is 0 Å². The fourth-order valence-electron chi connectivity index (χ4n) is 1.76. The standard InChI is InChI=1S/C8H17NO5/c10-2-1-9-3-6(12)8(14)7(13)5(9)4-11/h5-8,10-14H,1-4H2/t5?,6?,7-,8-/m0/s1. The van der Waals surface area contributed by atoms with Gasteiger partial charge in [-0.2, -0.15) is 0 Å². The van der Waals surface area contributed by atoms with Crippen LogP contribution in [0.15, 0.2) is 0 Å². The Morgan fingerprint density at radius 3 is 2.21 bits per heavy atom. The van der Waals surface area contributed by atoms with Gasteiger partial charge in [-0.15, -0.1) is 0 Å². The molecule has 1 aliphatic heterocycles. The normalized spacial score (nSPS) is 40.1. The van der Waals surface area contributed by atoms with Crippen LogP contribution < -0.4 is 0 Å². The van der Waals surface area contributed by atoms with Crippen molar-refractivity contribution in [2.75, 3.05) is 26.3 Å². The SMILES string of the molecule is OCCN1CC(O)[C@H](O)[C@@H](O)C1CO. The van der Waals surface area contributed by atoms with Crippen LogP contribution in [0.5, 0.6) is 0 Å². The van der Waals surface area contributed by atoms with Gasteiger partial charge in [0, 0.05) is 13.1 Å². The van der Waals surface area contributed by atoms with Crippen molar-refractivity contribution in [3.05, 3.63) is 0 Å². The number of hydrogen-bond donors (Lipinski definition) is 5. The zero-order valence-electron chi connectivity index (χ0n) is 7.82. The van der Waals surface area contributed by atoms with Crippen molar-refractivity contribution in [3.63, 3.8) is 0 Å². The summed E-state index contributed by atoms with van der Waals surface area (Å²) in [5.41, 5.74) is 0. The van der Waals surface area contributed by atoms with Crippen LogP contribution in [0.3, 0.4) is 0 Å². The molecule has 1 fully saturated rings. The lowest BCUT2D eigenvalue weighted by Crippen LogP contribution is -2.62. The molecule has 0 aromatic rings. The van der Waals surface area contributed by atoms with Crippen molar-refractivity contribution >= 4 is 0 Å². The third kappa shape index (κ3) is 2.22. The number of likely N-dealkylation sites (tertiary alicyclic amines) is 1. The zero-order chi connectivity index (χ0) is 10.7. The molecule has 1 heterocycles. The van der Waals surface area contributed by atoms with Crippen molar-refractivity contribution in [2.24, 2.45) is 0 Å².